The van der Waals surface area contributed by atoms with Crippen LogP contribution in [-0.4, -0.2) is 6.54 Å². The van der Waals surface area contributed by atoms with Crippen LogP contribution in [0.2, 0.25) is 0 Å². The molecule has 2 N–H and O–H groups in total. The third kappa shape index (κ3) is 6.66. The van der Waals surface area contributed by atoms with Gasteiger partial charge >= 0.3 is 0 Å². The molecule has 1 heteroatoms. The summed E-state index contributed by atoms with van der Waals surface area (Å²) < 4.78 is 0. The normalized spacial score (nSPS) is 13.2. The van der Waals surface area contributed by atoms with Gasteiger partial charge in [-0.25, -0.2) is 0 Å². The van der Waals surface area contributed by atoms with Crippen molar-refractivity contribution in [2.45, 2.75) is 58.8 Å². The largest absolute Gasteiger partial charge is 0.330 e. The Labute approximate surface area is 77.7 Å². The molecule has 0 aromatic heterocycles. The van der Waals surface area contributed by atoms with Crippen LogP contribution in [0.4, 0.5) is 0 Å². The number of hydrogen-bond acceptors (Lipinski definition) is 1. The predicted octanol–water partition coefficient (Wildman–Crippen LogP) is 3.33. The van der Waals surface area contributed by atoms with Crippen molar-refractivity contribution in [1.29, 1.82) is 0 Å². The van der Waals surface area contributed by atoms with Gasteiger partial charge in [0.2, 0.25) is 0 Å². The predicted molar refractivity (Wildman–Crippen MR) is 56.2 cm³/mol. The van der Waals surface area contributed by atoms with Gasteiger partial charge < -0.3 is 5.73 Å². The molecule has 1 unspecified atom stereocenters. The first-order chi connectivity index (χ1) is 5.85. The van der Waals surface area contributed by atoms with E-state index in [-0.39, 0.29) is 0 Å². The maximum atomic E-state index is 5.56. The second-order valence-corrected chi connectivity index (χ2v) is 3.73. The minimum Gasteiger partial charge on any atom is -0.330 e. The lowest BCUT2D eigenvalue weighted by atomic mass is 9.93. The van der Waals surface area contributed by atoms with Crippen LogP contribution < -0.4 is 5.73 Å². The quantitative estimate of drug-likeness (QED) is 0.557. The van der Waals surface area contributed by atoms with Gasteiger partial charge in [0.25, 0.3) is 0 Å². The van der Waals surface area contributed by atoms with Crippen LogP contribution in [0, 0.1) is 5.92 Å². The van der Waals surface area contributed by atoms with Gasteiger partial charge in [0.1, 0.15) is 0 Å². The zero-order valence-corrected chi connectivity index (χ0v) is 8.81. The molecule has 0 amide bonds. The highest BCUT2D eigenvalue weighted by Gasteiger charge is 2.05. The molecule has 0 bridgehead atoms. The molecule has 0 spiro atoms. The minimum atomic E-state index is 0.872. The number of rotatable bonds is 8. The summed E-state index contributed by atoms with van der Waals surface area (Å²) in [5.41, 5.74) is 5.56. The van der Waals surface area contributed by atoms with E-state index >= 15 is 0 Å². The molecule has 0 rings (SSSR count). The molecule has 74 valence electrons. The SMILES string of the molecule is CCCCCC(CCC)CCN. The monoisotopic (exact) mass is 171 g/mol. The lowest BCUT2D eigenvalue weighted by molar-refractivity contribution is 0.403. The van der Waals surface area contributed by atoms with Crippen LogP contribution in [0.5, 0.6) is 0 Å². The van der Waals surface area contributed by atoms with Gasteiger partial charge in [-0.05, 0) is 18.9 Å². The third-order valence-electron chi connectivity index (χ3n) is 2.49. The van der Waals surface area contributed by atoms with Gasteiger partial charge in [-0.3, -0.25) is 0 Å². The van der Waals surface area contributed by atoms with Gasteiger partial charge in [-0.15, -0.1) is 0 Å². The van der Waals surface area contributed by atoms with E-state index in [0.29, 0.717) is 0 Å². The highest BCUT2D eigenvalue weighted by atomic mass is 14.5. The summed E-state index contributed by atoms with van der Waals surface area (Å²) >= 11 is 0. The van der Waals surface area contributed by atoms with E-state index in [0.717, 1.165) is 12.5 Å². The molecule has 0 aliphatic carbocycles. The summed E-state index contributed by atoms with van der Waals surface area (Å²) in [6.45, 7) is 5.40. The van der Waals surface area contributed by atoms with E-state index in [1.165, 1.54) is 44.9 Å². The summed E-state index contributed by atoms with van der Waals surface area (Å²) in [6, 6.07) is 0. The molecular formula is C11H25N. The Bertz CT molecular complexity index is 75.1. The zero-order valence-electron chi connectivity index (χ0n) is 8.81. The van der Waals surface area contributed by atoms with E-state index in [2.05, 4.69) is 13.8 Å². The second-order valence-electron chi connectivity index (χ2n) is 3.73. The van der Waals surface area contributed by atoms with Crippen molar-refractivity contribution >= 4 is 0 Å². The first-order valence-corrected chi connectivity index (χ1v) is 5.55. The molecule has 0 heterocycles. The molecule has 1 atom stereocenters. The van der Waals surface area contributed by atoms with Gasteiger partial charge in [0.15, 0.2) is 0 Å². The maximum Gasteiger partial charge on any atom is -0.00746 e. The molecule has 0 saturated heterocycles. The summed E-state index contributed by atoms with van der Waals surface area (Å²) in [5, 5.41) is 0. The Morgan fingerprint density at radius 1 is 0.917 bits per heavy atom. The molecule has 0 aliphatic heterocycles. The standard InChI is InChI=1S/C11H25N/c1-3-5-6-8-11(7-4-2)9-10-12/h11H,3-10,12H2,1-2H3. The van der Waals surface area contributed by atoms with Crippen LogP contribution in [0.1, 0.15) is 58.8 Å². The molecule has 0 aromatic carbocycles. The Morgan fingerprint density at radius 3 is 2.17 bits per heavy atom. The van der Waals surface area contributed by atoms with Crippen LogP contribution >= 0.6 is 0 Å². The average Bonchev–Trinajstić information content (AvgIpc) is 2.06. The molecule has 0 saturated carbocycles. The average molecular weight is 171 g/mol. The topological polar surface area (TPSA) is 26.0 Å². The van der Waals surface area contributed by atoms with Crippen LogP contribution in [0.3, 0.4) is 0 Å². The number of unbranched alkanes of at least 4 members (excludes halogenated alkanes) is 2. The van der Waals surface area contributed by atoms with Crippen molar-refractivity contribution in [2.24, 2.45) is 11.7 Å². The maximum absolute atomic E-state index is 5.56. The lowest BCUT2D eigenvalue weighted by Gasteiger charge is -2.14. The molecular weight excluding hydrogens is 146 g/mol. The Morgan fingerprint density at radius 2 is 1.67 bits per heavy atom. The summed E-state index contributed by atoms with van der Waals surface area (Å²) in [6.07, 6.45) is 9.46. The molecule has 12 heavy (non-hydrogen) atoms. The summed E-state index contributed by atoms with van der Waals surface area (Å²) in [4.78, 5) is 0. The molecule has 0 aromatic rings. The fourth-order valence-electron chi connectivity index (χ4n) is 1.76. The van der Waals surface area contributed by atoms with Crippen molar-refractivity contribution in [2.75, 3.05) is 6.54 Å². The van der Waals surface area contributed by atoms with Gasteiger partial charge in [-0.2, -0.15) is 0 Å². The third-order valence-corrected chi connectivity index (χ3v) is 2.49. The van der Waals surface area contributed by atoms with Crippen LogP contribution in [0.15, 0.2) is 0 Å². The van der Waals surface area contributed by atoms with Crippen molar-refractivity contribution in [3.05, 3.63) is 0 Å². The molecule has 1 nitrogen and oxygen atoms in total. The van der Waals surface area contributed by atoms with Crippen molar-refractivity contribution in [3.8, 4) is 0 Å². The van der Waals surface area contributed by atoms with E-state index < -0.39 is 0 Å². The highest BCUT2D eigenvalue weighted by Crippen LogP contribution is 2.18. The number of nitrogens with two attached hydrogens (primary N) is 1. The van der Waals surface area contributed by atoms with Gasteiger partial charge in [-0.1, -0.05) is 52.4 Å². The fraction of sp³-hybridized carbons (Fsp3) is 1.00. The van der Waals surface area contributed by atoms with Gasteiger partial charge in [0.05, 0.1) is 0 Å². The van der Waals surface area contributed by atoms with Crippen molar-refractivity contribution < 1.29 is 0 Å². The van der Waals surface area contributed by atoms with E-state index in [1.807, 2.05) is 0 Å². The summed E-state index contributed by atoms with van der Waals surface area (Å²) in [5.74, 6) is 0.909. The van der Waals surface area contributed by atoms with Crippen molar-refractivity contribution in [1.82, 2.24) is 0 Å². The lowest BCUT2D eigenvalue weighted by Crippen LogP contribution is -2.08. The second kappa shape index (κ2) is 9.05. The van der Waals surface area contributed by atoms with E-state index in [1.54, 1.807) is 0 Å². The smallest absolute Gasteiger partial charge is 0.00746 e. The zero-order chi connectivity index (χ0) is 9.23. The van der Waals surface area contributed by atoms with E-state index in [9.17, 15) is 0 Å². The molecule has 0 fully saturated rings. The van der Waals surface area contributed by atoms with E-state index in [4.69, 9.17) is 5.73 Å². The summed E-state index contributed by atoms with van der Waals surface area (Å²) in [7, 11) is 0. The highest BCUT2D eigenvalue weighted by molar-refractivity contribution is 4.59. The van der Waals surface area contributed by atoms with Gasteiger partial charge in [0, 0.05) is 0 Å². The van der Waals surface area contributed by atoms with Crippen LogP contribution in [-0.2, 0) is 0 Å². The molecule has 0 aliphatic rings. The molecule has 0 radical (unpaired) electrons. The van der Waals surface area contributed by atoms with Crippen LogP contribution in [0.25, 0.3) is 0 Å². The Kier molecular flexibility index (Phi) is 9.02. The first kappa shape index (κ1) is 12.0. The number of hydrogen-bond donors (Lipinski definition) is 1. The minimum absolute atomic E-state index is 0.872. The van der Waals surface area contributed by atoms with Crippen molar-refractivity contribution in [3.63, 3.8) is 0 Å². The fourth-order valence-corrected chi connectivity index (χ4v) is 1.76. The Balaban J connectivity index is 3.34. The Hall–Kier alpha value is -0.0400. The first-order valence-electron chi connectivity index (χ1n) is 5.55.